The molecule has 0 spiro atoms. The summed E-state index contributed by atoms with van der Waals surface area (Å²) in [6.07, 6.45) is 1.32. The zero-order valence-corrected chi connectivity index (χ0v) is 16.4. The first-order valence-electron chi connectivity index (χ1n) is 9.30. The molecule has 32 heavy (non-hydrogen) atoms. The third-order valence-electron chi connectivity index (χ3n) is 4.44. The average Bonchev–Trinajstić information content (AvgIpc) is 3.28. The summed E-state index contributed by atoms with van der Waals surface area (Å²) in [7, 11) is 0. The molecule has 0 radical (unpaired) electrons. The number of carbonyl (C=O) groups is 2. The molecular weight excluding hydrogens is 418 g/mol. The van der Waals surface area contributed by atoms with E-state index in [0.717, 1.165) is 0 Å². The van der Waals surface area contributed by atoms with Crippen LogP contribution in [0.4, 0.5) is 5.69 Å². The first-order chi connectivity index (χ1) is 15.5. The van der Waals surface area contributed by atoms with Gasteiger partial charge in [0.15, 0.2) is 11.5 Å². The van der Waals surface area contributed by atoms with Gasteiger partial charge in [-0.1, -0.05) is 12.1 Å². The first-order valence-corrected chi connectivity index (χ1v) is 9.30. The summed E-state index contributed by atoms with van der Waals surface area (Å²) in [5.74, 6) is 0.106. The number of esters is 1. The second-order valence-electron chi connectivity index (χ2n) is 6.50. The predicted octanol–water partition coefficient (Wildman–Crippen LogP) is 3.31. The van der Waals surface area contributed by atoms with Crippen LogP contribution < -0.4 is 19.6 Å². The van der Waals surface area contributed by atoms with Crippen molar-refractivity contribution in [1.29, 1.82) is 0 Å². The molecule has 10 nitrogen and oxygen atoms in total. The summed E-state index contributed by atoms with van der Waals surface area (Å²) in [6.45, 7) is 0.0960. The summed E-state index contributed by atoms with van der Waals surface area (Å²) in [5.41, 5.74) is 3.14. The van der Waals surface area contributed by atoms with Crippen LogP contribution in [0.5, 0.6) is 17.2 Å². The van der Waals surface area contributed by atoms with Crippen molar-refractivity contribution in [1.82, 2.24) is 5.43 Å². The highest BCUT2D eigenvalue weighted by atomic mass is 16.7. The monoisotopic (exact) mass is 433 g/mol. The Morgan fingerprint density at radius 2 is 1.72 bits per heavy atom. The van der Waals surface area contributed by atoms with Crippen LogP contribution in [0.3, 0.4) is 0 Å². The van der Waals surface area contributed by atoms with E-state index in [1.165, 1.54) is 36.5 Å². The molecule has 0 aliphatic carbocycles. The maximum absolute atomic E-state index is 12.5. The van der Waals surface area contributed by atoms with Crippen molar-refractivity contribution >= 4 is 23.8 Å². The Labute approximate surface area is 181 Å². The number of fused-ring (bicyclic) bond motifs is 1. The fourth-order valence-electron chi connectivity index (χ4n) is 2.82. The van der Waals surface area contributed by atoms with E-state index in [9.17, 15) is 19.7 Å². The smallest absolute Gasteiger partial charge is 0.343 e. The minimum absolute atomic E-state index is 0.0960. The van der Waals surface area contributed by atoms with Crippen molar-refractivity contribution in [3.05, 3.63) is 93.5 Å². The summed E-state index contributed by atoms with van der Waals surface area (Å²) in [6, 6.07) is 16.5. The largest absolute Gasteiger partial charge is 0.454 e. The number of hydrogen-bond acceptors (Lipinski definition) is 8. The number of nitrogens with one attached hydrogen (secondary N) is 1. The van der Waals surface area contributed by atoms with Crippen molar-refractivity contribution in [3.63, 3.8) is 0 Å². The van der Waals surface area contributed by atoms with Gasteiger partial charge in [0.05, 0.1) is 16.7 Å². The Balaban J connectivity index is 1.42. The molecule has 0 aromatic heterocycles. The number of rotatable bonds is 6. The number of nitro benzene ring substituents is 1. The van der Waals surface area contributed by atoms with E-state index in [4.69, 9.17) is 14.2 Å². The fraction of sp³-hybridized carbons (Fsp3) is 0.0455. The van der Waals surface area contributed by atoms with Crippen LogP contribution in [0.25, 0.3) is 0 Å². The van der Waals surface area contributed by atoms with Crippen LogP contribution in [0, 0.1) is 10.1 Å². The number of hydrazone groups is 1. The van der Waals surface area contributed by atoms with Gasteiger partial charge in [0.1, 0.15) is 5.75 Å². The molecule has 1 aliphatic heterocycles. The van der Waals surface area contributed by atoms with Crippen LogP contribution in [-0.2, 0) is 0 Å². The SMILES string of the molecule is O=C(N/N=C/c1ccccc1OC(=O)c1ccc2c(c1)OCO2)c1ccc([N+](=O)[O-])cc1. The minimum atomic E-state index is -0.598. The Kier molecular flexibility index (Phi) is 5.75. The third-order valence-corrected chi connectivity index (χ3v) is 4.44. The molecule has 1 aliphatic rings. The summed E-state index contributed by atoms with van der Waals surface area (Å²) < 4.78 is 16.0. The number of nitrogens with zero attached hydrogens (tertiary/aromatic N) is 2. The molecule has 160 valence electrons. The van der Waals surface area contributed by atoms with Crippen molar-refractivity contribution in [2.24, 2.45) is 5.10 Å². The lowest BCUT2D eigenvalue weighted by Crippen LogP contribution is -2.17. The Morgan fingerprint density at radius 3 is 2.50 bits per heavy atom. The second-order valence-corrected chi connectivity index (χ2v) is 6.50. The zero-order chi connectivity index (χ0) is 22.5. The number of nitro groups is 1. The van der Waals surface area contributed by atoms with E-state index >= 15 is 0 Å². The van der Waals surface area contributed by atoms with Crippen LogP contribution in [0.2, 0.25) is 0 Å². The number of hydrogen-bond donors (Lipinski definition) is 1. The summed E-state index contributed by atoms with van der Waals surface area (Å²) in [4.78, 5) is 34.8. The molecule has 1 N–H and O–H groups in total. The van der Waals surface area contributed by atoms with Gasteiger partial charge in [-0.2, -0.15) is 5.10 Å². The molecule has 0 saturated heterocycles. The van der Waals surface area contributed by atoms with E-state index in [0.29, 0.717) is 17.1 Å². The number of carbonyl (C=O) groups excluding carboxylic acids is 2. The van der Waals surface area contributed by atoms with E-state index in [1.807, 2.05) is 0 Å². The normalized spacial score (nSPS) is 11.9. The fourth-order valence-corrected chi connectivity index (χ4v) is 2.82. The molecule has 1 amide bonds. The predicted molar refractivity (Wildman–Crippen MR) is 112 cm³/mol. The number of benzene rings is 3. The van der Waals surface area contributed by atoms with Crippen LogP contribution in [0.1, 0.15) is 26.3 Å². The molecule has 0 atom stereocenters. The summed E-state index contributed by atoms with van der Waals surface area (Å²) >= 11 is 0. The van der Waals surface area contributed by atoms with Gasteiger partial charge in [-0.15, -0.1) is 0 Å². The number of para-hydroxylation sites is 1. The van der Waals surface area contributed by atoms with Crippen LogP contribution in [0.15, 0.2) is 71.8 Å². The van der Waals surface area contributed by atoms with Gasteiger partial charge in [0.2, 0.25) is 6.79 Å². The van der Waals surface area contributed by atoms with Gasteiger partial charge < -0.3 is 14.2 Å². The Hall–Kier alpha value is -4.73. The first kappa shape index (κ1) is 20.5. The molecule has 10 heteroatoms. The lowest BCUT2D eigenvalue weighted by Gasteiger charge is -2.08. The lowest BCUT2D eigenvalue weighted by molar-refractivity contribution is -0.384. The highest BCUT2D eigenvalue weighted by Gasteiger charge is 2.18. The number of non-ortho nitro benzene ring substituents is 1. The van der Waals surface area contributed by atoms with E-state index in [1.54, 1.807) is 36.4 Å². The van der Waals surface area contributed by atoms with Crippen LogP contribution in [-0.4, -0.2) is 29.8 Å². The van der Waals surface area contributed by atoms with Gasteiger partial charge in [0, 0.05) is 23.3 Å². The van der Waals surface area contributed by atoms with Gasteiger partial charge in [-0.3, -0.25) is 14.9 Å². The quantitative estimate of drug-likeness (QED) is 0.208. The maximum Gasteiger partial charge on any atom is 0.343 e. The van der Waals surface area contributed by atoms with Gasteiger partial charge in [-0.05, 0) is 42.5 Å². The van der Waals surface area contributed by atoms with Gasteiger partial charge in [-0.25, -0.2) is 10.2 Å². The average molecular weight is 433 g/mol. The van der Waals surface area contributed by atoms with Crippen molar-refractivity contribution in [2.75, 3.05) is 6.79 Å². The Bertz CT molecular complexity index is 1220. The van der Waals surface area contributed by atoms with Crippen molar-refractivity contribution in [3.8, 4) is 17.2 Å². The molecule has 0 saturated carbocycles. The van der Waals surface area contributed by atoms with Gasteiger partial charge in [0.25, 0.3) is 11.6 Å². The Morgan fingerprint density at radius 1 is 1.00 bits per heavy atom. The number of ether oxygens (including phenoxy) is 3. The van der Waals surface area contributed by atoms with Gasteiger partial charge >= 0.3 is 5.97 Å². The number of amides is 1. The highest BCUT2D eigenvalue weighted by Crippen LogP contribution is 2.32. The molecule has 0 fully saturated rings. The van der Waals surface area contributed by atoms with Crippen molar-refractivity contribution in [2.45, 2.75) is 0 Å². The summed E-state index contributed by atoms with van der Waals surface area (Å²) in [5, 5.41) is 14.6. The standard InChI is InChI=1S/C22H15N3O7/c26-21(14-5-8-17(9-6-14)25(28)29)24-23-12-16-3-1-2-4-18(16)32-22(27)15-7-10-19-20(11-15)31-13-30-19/h1-12H,13H2,(H,24,26)/b23-12+. The molecule has 0 bridgehead atoms. The van der Waals surface area contributed by atoms with E-state index < -0.39 is 16.8 Å². The molecule has 3 aromatic rings. The van der Waals surface area contributed by atoms with Crippen LogP contribution >= 0.6 is 0 Å². The molecule has 4 rings (SSSR count). The molecule has 1 heterocycles. The zero-order valence-electron chi connectivity index (χ0n) is 16.4. The second kappa shape index (κ2) is 8.96. The van der Waals surface area contributed by atoms with E-state index in [2.05, 4.69) is 10.5 Å². The topological polar surface area (TPSA) is 129 Å². The maximum atomic E-state index is 12.5. The lowest BCUT2D eigenvalue weighted by atomic mass is 10.2. The van der Waals surface area contributed by atoms with Crippen molar-refractivity contribution < 1.29 is 28.7 Å². The van der Waals surface area contributed by atoms with E-state index in [-0.39, 0.29) is 29.4 Å². The minimum Gasteiger partial charge on any atom is -0.454 e. The highest BCUT2D eigenvalue weighted by molar-refractivity contribution is 5.96. The molecule has 3 aromatic carbocycles. The molecule has 0 unspecified atom stereocenters. The third kappa shape index (κ3) is 4.54. The molecular formula is C22H15N3O7.